The lowest BCUT2D eigenvalue weighted by molar-refractivity contribution is -0.147. The molecule has 0 bridgehead atoms. The Morgan fingerprint density at radius 1 is 0.511 bits per heavy atom. The van der Waals surface area contributed by atoms with Gasteiger partial charge in [0.25, 0.3) is 0 Å². The summed E-state index contributed by atoms with van der Waals surface area (Å²) in [5.41, 5.74) is 0. The number of carbonyl (C=O) groups is 2. The fourth-order valence-corrected chi connectivity index (χ4v) is 5.76. The molecule has 0 aliphatic rings. The van der Waals surface area contributed by atoms with Crippen molar-refractivity contribution < 1.29 is 19.1 Å². The van der Waals surface area contributed by atoms with Crippen LogP contribution in [0.3, 0.4) is 0 Å². The van der Waals surface area contributed by atoms with Gasteiger partial charge in [-0.2, -0.15) is 0 Å². The molecule has 2 unspecified atom stereocenters. The minimum absolute atomic E-state index is 0.0174. The monoisotopic (exact) mass is 663 g/mol. The SMILES string of the molecule is CCCCCC/C=C\COC(=O)C(C)CCCCCCN(CCCCCCC(C)C(=O)OC/C=C\CCCCCC)CCCN(C)C. The van der Waals surface area contributed by atoms with E-state index in [1.54, 1.807) is 0 Å². The Morgan fingerprint density at radius 2 is 0.915 bits per heavy atom. The number of unbranched alkanes of at least 4 members (excludes halogenated alkanes) is 14. The van der Waals surface area contributed by atoms with E-state index in [0.29, 0.717) is 13.2 Å². The molecule has 0 fully saturated rings. The summed E-state index contributed by atoms with van der Waals surface area (Å²) in [7, 11) is 4.30. The number of esters is 2. The maximum atomic E-state index is 12.3. The van der Waals surface area contributed by atoms with Gasteiger partial charge in [0.1, 0.15) is 13.2 Å². The second kappa shape index (κ2) is 34.2. The van der Waals surface area contributed by atoms with Crippen molar-refractivity contribution >= 4 is 11.9 Å². The van der Waals surface area contributed by atoms with Gasteiger partial charge in [-0.1, -0.05) is 129 Å². The highest BCUT2D eigenvalue weighted by Gasteiger charge is 2.14. The van der Waals surface area contributed by atoms with Crippen molar-refractivity contribution in [1.82, 2.24) is 9.80 Å². The molecule has 0 rings (SSSR count). The standard InChI is InChI=1S/C41H78N2O4/c1-7-9-11-13-15-21-27-36-46-40(44)38(3)30-23-17-19-25-33-43(35-29-32-42(5)6)34-26-20-18-24-31-39(4)41(45)47-37-28-22-16-14-12-10-8-2/h21-22,27-28,38-39H,7-20,23-26,29-37H2,1-6H3/b27-21-,28-22-. The van der Waals surface area contributed by atoms with Gasteiger partial charge in [-0.25, -0.2) is 0 Å². The maximum Gasteiger partial charge on any atom is 0.308 e. The zero-order valence-corrected chi connectivity index (χ0v) is 32.1. The Hall–Kier alpha value is -1.66. The normalized spacial score (nSPS) is 13.3. The van der Waals surface area contributed by atoms with E-state index in [2.05, 4.69) is 49.9 Å². The molecular formula is C41H78N2O4. The predicted molar refractivity (Wildman–Crippen MR) is 202 cm³/mol. The Morgan fingerprint density at radius 3 is 1.34 bits per heavy atom. The van der Waals surface area contributed by atoms with Crippen LogP contribution in [0, 0.1) is 11.8 Å². The average molecular weight is 663 g/mol. The molecule has 0 saturated heterocycles. The summed E-state index contributed by atoms with van der Waals surface area (Å²) >= 11 is 0. The molecule has 0 spiro atoms. The van der Waals surface area contributed by atoms with Gasteiger partial charge in [-0.15, -0.1) is 0 Å². The highest BCUT2D eigenvalue weighted by molar-refractivity contribution is 5.72. The molecule has 0 heterocycles. The first-order valence-electron chi connectivity index (χ1n) is 19.8. The van der Waals surface area contributed by atoms with Gasteiger partial charge in [0.15, 0.2) is 0 Å². The smallest absolute Gasteiger partial charge is 0.308 e. The van der Waals surface area contributed by atoms with Gasteiger partial charge in [-0.05, 0) is 98.1 Å². The van der Waals surface area contributed by atoms with Crippen LogP contribution in [0.5, 0.6) is 0 Å². The summed E-state index contributed by atoms with van der Waals surface area (Å²) in [5.74, 6) is -0.149. The van der Waals surface area contributed by atoms with Gasteiger partial charge in [0.05, 0.1) is 11.8 Å². The Labute approximate surface area is 292 Å². The van der Waals surface area contributed by atoms with Crippen molar-refractivity contribution in [2.45, 2.75) is 163 Å². The topological polar surface area (TPSA) is 59.1 Å². The minimum atomic E-state index is -0.0571. The molecule has 0 aromatic carbocycles. The first kappa shape index (κ1) is 45.3. The van der Waals surface area contributed by atoms with E-state index in [1.165, 1.54) is 96.3 Å². The third-order valence-electron chi connectivity index (χ3n) is 9.03. The summed E-state index contributed by atoms with van der Waals surface area (Å²) in [6.07, 6.45) is 33.0. The molecule has 0 aliphatic carbocycles. The van der Waals surface area contributed by atoms with Crippen molar-refractivity contribution in [2.75, 3.05) is 53.5 Å². The van der Waals surface area contributed by atoms with E-state index in [1.807, 2.05) is 26.0 Å². The van der Waals surface area contributed by atoms with Crippen LogP contribution in [0.25, 0.3) is 0 Å². The van der Waals surface area contributed by atoms with Crippen molar-refractivity contribution in [3.8, 4) is 0 Å². The Balaban J connectivity index is 4.07. The zero-order valence-electron chi connectivity index (χ0n) is 32.1. The maximum absolute atomic E-state index is 12.3. The van der Waals surface area contributed by atoms with E-state index < -0.39 is 0 Å². The van der Waals surface area contributed by atoms with Gasteiger partial charge >= 0.3 is 11.9 Å². The van der Waals surface area contributed by atoms with Crippen LogP contribution in [0.15, 0.2) is 24.3 Å². The lowest BCUT2D eigenvalue weighted by Crippen LogP contribution is -2.29. The third kappa shape index (κ3) is 31.4. The zero-order chi connectivity index (χ0) is 34.8. The largest absolute Gasteiger partial charge is 0.461 e. The van der Waals surface area contributed by atoms with Crippen molar-refractivity contribution in [2.24, 2.45) is 11.8 Å². The van der Waals surface area contributed by atoms with Crippen LogP contribution < -0.4 is 0 Å². The Bertz CT molecular complexity index is 711. The predicted octanol–water partition coefficient (Wildman–Crippen LogP) is 10.6. The fraction of sp³-hybridized carbons (Fsp3) is 0.854. The van der Waals surface area contributed by atoms with Gasteiger partial charge in [0, 0.05) is 0 Å². The highest BCUT2D eigenvalue weighted by atomic mass is 16.5. The van der Waals surface area contributed by atoms with Crippen LogP contribution in [0.2, 0.25) is 0 Å². The fourth-order valence-electron chi connectivity index (χ4n) is 5.76. The van der Waals surface area contributed by atoms with Gasteiger partial charge in [0.2, 0.25) is 0 Å². The molecule has 0 N–H and O–H groups in total. The van der Waals surface area contributed by atoms with E-state index in [9.17, 15) is 9.59 Å². The molecule has 6 heteroatoms. The lowest BCUT2D eigenvalue weighted by atomic mass is 10.0. The van der Waals surface area contributed by atoms with E-state index in [0.717, 1.165) is 64.7 Å². The molecule has 0 aliphatic heterocycles. The molecular weight excluding hydrogens is 584 g/mol. The summed E-state index contributed by atoms with van der Waals surface area (Å²) in [4.78, 5) is 29.5. The number of rotatable bonds is 34. The number of hydrogen-bond donors (Lipinski definition) is 0. The van der Waals surface area contributed by atoms with Crippen molar-refractivity contribution in [3.05, 3.63) is 24.3 Å². The van der Waals surface area contributed by atoms with Crippen LogP contribution in [0.1, 0.15) is 163 Å². The number of nitrogens with zero attached hydrogens (tertiary/aromatic N) is 2. The molecule has 276 valence electrons. The highest BCUT2D eigenvalue weighted by Crippen LogP contribution is 2.15. The molecule has 2 atom stereocenters. The second-order valence-corrected chi connectivity index (χ2v) is 14.1. The molecule has 0 aromatic rings. The summed E-state index contributed by atoms with van der Waals surface area (Å²) in [5, 5.41) is 0. The van der Waals surface area contributed by atoms with Crippen LogP contribution in [0.4, 0.5) is 0 Å². The van der Waals surface area contributed by atoms with Crippen molar-refractivity contribution in [1.29, 1.82) is 0 Å². The Kier molecular flexibility index (Phi) is 33.0. The molecule has 0 aromatic heterocycles. The number of allylic oxidation sites excluding steroid dienone is 2. The van der Waals surface area contributed by atoms with Crippen LogP contribution >= 0.6 is 0 Å². The van der Waals surface area contributed by atoms with Gasteiger partial charge in [-0.3, -0.25) is 9.59 Å². The van der Waals surface area contributed by atoms with Gasteiger partial charge < -0.3 is 19.3 Å². The van der Waals surface area contributed by atoms with E-state index in [4.69, 9.17) is 9.47 Å². The quantitative estimate of drug-likeness (QED) is 0.0388. The molecule has 0 saturated carbocycles. The summed E-state index contributed by atoms with van der Waals surface area (Å²) < 4.78 is 10.9. The number of carbonyl (C=O) groups excluding carboxylic acids is 2. The minimum Gasteiger partial charge on any atom is -0.461 e. The molecule has 47 heavy (non-hydrogen) atoms. The summed E-state index contributed by atoms with van der Waals surface area (Å²) in [6.45, 7) is 13.9. The number of hydrogen-bond acceptors (Lipinski definition) is 6. The third-order valence-corrected chi connectivity index (χ3v) is 9.03. The van der Waals surface area contributed by atoms with E-state index in [-0.39, 0.29) is 23.8 Å². The lowest BCUT2D eigenvalue weighted by Gasteiger charge is -2.23. The molecule has 0 radical (unpaired) electrons. The second-order valence-electron chi connectivity index (χ2n) is 14.1. The van der Waals surface area contributed by atoms with Crippen LogP contribution in [-0.2, 0) is 19.1 Å². The van der Waals surface area contributed by atoms with E-state index >= 15 is 0 Å². The first-order valence-corrected chi connectivity index (χ1v) is 19.8. The molecule has 6 nitrogen and oxygen atoms in total. The summed E-state index contributed by atoms with van der Waals surface area (Å²) in [6, 6.07) is 0. The average Bonchev–Trinajstić information content (AvgIpc) is 3.05. The first-order chi connectivity index (χ1) is 22.8. The van der Waals surface area contributed by atoms with Crippen molar-refractivity contribution in [3.63, 3.8) is 0 Å². The number of ether oxygens (including phenoxy) is 2. The molecule has 0 amide bonds. The van der Waals surface area contributed by atoms with Crippen LogP contribution in [-0.4, -0.2) is 75.2 Å².